The summed E-state index contributed by atoms with van der Waals surface area (Å²) in [4.78, 5) is 26.7. The fraction of sp³-hybridized carbons (Fsp3) is 0.348. The summed E-state index contributed by atoms with van der Waals surface area (Å²) in [6.07, 6.45) is 1.82. The van der Waals surface area contributed by atoms with Gasteiger partial charge in [-0.1, -0.05) is 36.4 Å². The molecule has 5 heteroatoms. The van der Waals surface area contributed by atoms with Gasteiger partial charge in [-0.15, -0.1) is 0 Å². The lowest BCUT2D eigenvalue weighted by Crippen LogP contribution is -2.34. The Morgan fingerprint density at radius 3 is 2.46 bits per heavy atom. The molecule has 28 heavy (non-hydrogen) atoms. The molecular weight excluding hydrogens is 348 g/mol. The van der Waals surface area contributed by atoms with Crippen molar-refractivity contribution < 1.29 is 4.79 Å². The van der Waals surface area contributed by atoms with Gasteiger partial charge >= 0.3 is 0 Å². The minimum absolute atomic E-state index is 0.169. The molecule has 142 valence electrons. The third-order valence-corrected chi connectivity index (χ3v) is 6.19. The van der Waals surface area contributed by atoms with Gasteiger partial charge in [-0.05, 0) is 36.2 Å². The first-order valence-corrected chi connectivity index (χ1v) is 9.92. The van der Waals surface area contributed by atoms with E-state index in [0.29, 0.717) is 11.8 Å². The average Bonchev–Trinajstić information content (AvgIpc) is 3.27. The topological polar surface area (TPSA) is 49.3 Å². The molecule has 0 spiro atoms. The average molecular weight is 372 g/mol. The van der Waals surface area contributed by atoms with Crippen molar-refractivity contribution in [3.05, 3.63) is 65.5 Å². The number of aromatic nitrogens is 2. The van der Waals surface area contributed by atoms with Crippen LogP contribution in [-0.4, -0.2) is 47.0 Å². The number of aryl methyl sites for hydroxylation is 2. The molecule has 5 rings (SSSR count). The number of likely N-dealkylation sites (tertiary alicyclic amines) is 1. The van der Waals surface area contributed by atoms with Crippen LogP contribution in [0, 0.1) is 25.7 Å². The predicted octanol–water partition coefficient (Wildman–Crippen LogP) is 3.46. The second kappa shape index (κ2) is 6.59. The van der Waals surface area contributed by atoms with Gasteiger partial charge in [0.1, 0.15) is 0 Å². The number of nitrogens with zero attached hydrogens (tertiary/aromatic N) is 4. The highest BCUT2D eigenvalue weighted by atomic mass is 16.2. The molecule has 1 aromatic heterocycles. The molecule has 1 amide bonds. The zero-order valence-corrected chi connectivity index (χ0v) is 16.3. The maximum absolute atomic E-state index is 13.4. The molecule has 5 nitrogen and oxygen atoms in total. The van der Waals surface area contributed by atoms with Crippen molar-refractivity contribution in [1.82, 2.24) is 14.9 Å². The van der Waals surface area contributed by atoms with E-state index in [0.717, 1.165) is 59.7 Å². The van der Waals surface area contributed by atoms with Gasteiger partial charge in [0.05, 0.1) is 5.56 Å². The molecule has 3 heterocycles. The van der Waals surface area contributed by atoms with Crippen molar-refractivity contribution in [3.63, 3.8) is 0 Å². The lowest BCUT2D eigenvalue weighted by atomic mass is 9.99. The van der Waals surface area contributed by atoms with E-state index in [2.05, 4.69) is 44.0 Å². The monoisotopic (exact) mass is 372 g/mol. The minimum atomic E-state index is 0.169. The molecule has 0 saturated carbocycles. The van der Waals surface area contributed by atoms with Crippen molar-refractivity contribution in [1.29, 1.82) is 0 Å². The summed E-state index contributed by atoms with van der Waals surface area (Å²) in [6.45, 7) is 7.50. The molecule has 2 aliphatic rings. The van der Waals surface area contributed by atoms with Crippen molar-refractivity contribution in [2.75, 3.05) is 31.1 Å². The van der Waals surface area contributed by atoms with Gasteiger partial charge in [-0.2, -0.15) is 0 Å². The van der Waals surface area contributed by atoms with E-state index in [1.807, 2.05) is 38.2 Å². The van der Waals surface area contributed by atoms with E-state index < -0.39 is 0 Å². The van der Waals surface area contributed by atoms with Crippen LogP contribution < -0.4 is 4.90 Å². The molecule has 0 bridgehead atoms. The lowest BCUT2D eigenvalue weighted by Gasteiger charge is -2.23. The van der Waals surface area contributed by atoms with Gasteiger partial charge in [-0.25, -0.2) is 9.97 Å². The van der Waals surface area contributed by atoms with Gasteiger partial charge < -0.3 is 9.80 Å². The van der Waals surface area contributed by atoms with E-state index in [-0.39, 0.29) is 5.91 Å². The first-order valence-electron chi connectivity index (χ1n) is 9.92. The minimum Gasteiger partial charge on any atom is -0.340 e. The van der Waals surface area contributed by atoms with Gasteiger partial charge in [0.15, 0.2) is 0 Å². The molecule has 2 fully saturated rings. The van der Waals surface area contributed by atoms with Crippen molar-refractivity contribution in [3.8, 4) is 0 Å². The number of amides is 1. The standard InChI is InChI=1S/C23H24N4O/c1-15-7-8-17-5-3-4-6-20(17)21(15)22(28)26-11-18-13-27(14-19(18)12-26)23-24-10-9-16(2)25-23/h3-10,18-19H,11-14H2,1-2H3. The summed E-state index contributed by atoms with van der Waals surface area (Å²) in [5.74, 6) is 1.96. The quantitative estimate of drug-likeness (QED) is 0.691. The normalized spacial score (nSPS) is 21.4. The summed E-state index contributed by atoms with van der Waals surface area (Å²) in [7, 11) is 0. The zero-order chi connectivity index (χ0) is 19.3. The Balaban J connectivity index is 1.36. The number of carbonyl (C=O) groups excluding carboxylic acids is 1. The molecule has 3 aromatic rings. The zero-order valence-electron chi connectivity index (χ0n) is 16.3. The van der Waals surface area contributed by atoms with Crippen molar-refractivity contribution in [2.45, 2.75) is 13.8 Å². The number of hydrogen-bond donors (Lipinski definition) is 0. The highest BCUT2D eigenvalue weighted by molar-refractivity contribution is 6.08. The number of benzene rings is 2. The van der Waals surface area contributed by atoms with Crippen molar-refractivity contribution in [2.24, 2.45) is 11.8 Å². The predicted molar refractivity (Wildman–Crippen MR) is 111 cm³/mol. The molecule has 0 N–H and O–H groups in total. The van der Waals surface area contributed by atoms with E-state index in [9.17, 15) is 4.79 Å². The second-order valence-electron chi connectivity index (χ2n) is 8.11. The van der Waals surface area contributed by atoms with Gasteiger partial charge in [0.2, 0.25) is 5.95 Å². The fourth-order valence-corrected chi connectivity index (χ4v) is 4.73. The summed E-state index contributed by atoms with van der Waals surface area (Å²) < 4.78 is 0. The fourth-order valence-electron chi connectivity index (χ4n) is 4.73. The second-order valence-corrected chi connectivity index (χ2v) is 8.11. The SMILES string of the molecule is Cc1ccnc(N2CC3CN(C(=O)c4c(C)ccc5ccccc45)CC3C2)n1. The van der Waals surface area contributed by atoms with E-state index in [1.54, 1.807) is 0 Å². The van der Waals surface area contributed by atoms with Crippen LogP contribution in [0.15, 0.2) is 48.7 Å². The summed E-state index contributed by atoms with van der Waals surface area (Å²) >= 11 is 0. The lowest BCUT2D eigenvalue weighted by molar-refractivity contribution is 0.0784. The highest BCUT2D eigenvalue weighted by Crippen LogP contribution is 2.34. The van der Waals surface area contributed by atoms with Crippen LogP contribution >= 0.6 is 0 Å². The Labute approximate surface area is 165 Å². The maximum atomic E-state index is 13.4. The van der Waals surface area contributed by atoms with E-state index >= 15 is 0 Å². The van der Waals surface area contributed by atoms with Crippen LogP contribution in [0.25, 0.3) is 10.8 Å². The Morgan fingerprint density at radius 1 is 0.964 bits per heavy atom. The Hall–Kier alpha value is -2.95. The Kier molecular flexibility index (Phi) is 4.04. The Morgan fingerprint density at radius 2 is 1.71 bits per heavy atom. The highest BCUT2D eigenvalue weighted by Gasteiger charge is 2.42. The third-order valence-electron chi connectivity index (χ3n) is 6.19. The number of hydrogen-bond acceptors (Lipinski definition) is 4. The number of rotatable bonds is 2. The molecule has 2 atom stereocenters. The van der Waals surface area contributed by atoms with Crippen LogP contribution in [0.2, 0.25) is 0 Å². The number of carbonyl (C=O) groups is 1. The van der Waals surface area contributed by atoms with Crippen LogP contribution in [0.5, 0.6) is 0 Å². The van der Waals surface area contributed by atoms with Gasteiger partial charge in [0, 0.05) is 49.9 Å². The maximum Gasteiger partial charge on any atom is 0.254 e. The van der Waals surface area contributed by atoms with Crippen molar-refractivity contribution >= 4 is 22.6 Å². The van der Waals surface area contributed by atoms with Crippen LogP contribution in [0.3, 0.4) is 0 Å². The molecule has 2 unspecified atom stereocenters. The first kappa shape index (κ1) is 17.2. The Bertz CT molecular complexity index is 1050. The van der Waals surface area contributed by atoms with Crippen LogP contribution in [0.4, 0.5) is 5.95 Å². The summed E-state index contributed by atoms with van der Waals surface area (Å²) in [5.41, 5.74) is 2.90. The summed E-state index contributed by atoms with van der Waals surface area (Å²) in [6, 6.07) is 14.2. The van der Waals surface area contributed by atoms with Crippen LogP contribution in [-0.2, 0) is 0 Å². The van der Waals surface area contributed by atoms with Gasteiger partial charge in [0.25, 0.3) is 5.91 Å². The molecular formula is C23H24N4O. The van der Waals surface area contributed by atoms with E-state index in [4.69, 9.17) is 0 Å². The smallest absolute Gasteiger partial charge is 0.254 e. The van der Waals surface area contributed by atoms with Crippen LogP contribution in [0.1, 0.15) is 21.6 Å². The molecule has 2 aromatic carbocycles. The molecule has 0 aliphatic carbocycles. The summed E-state index contributed by atoms with van der Waals surface area (Å²) in [5, 5.41) is 2.18. The number of fused-ring (bicyclic) bond motifs is 2. The molecule has 2 aliphatic heterocycles. The van der Waals surface area contributed by atoms with E-state index in [1.165, 1.54) is 0 Å². The molecule has 0 radical (unpaired) electrons. The van der Waals surface area contributed by atoms with Gasteiger partial charge in [-0.3, -0.25) is 4.79 Å². The first-order chi connectivity index (χ1) is 13.6. The third kappa shape index (κ3) is 2.82. The molecule has 2 saturated heterocycles. The largest absolute Gasteiger partial charge is 0.340 e. The number of anilines is 1.